The lowest BCUT2D eigenvalue weighted by Crippen LogP contribution is -2.46. The van der Waals surface area contributed by atoms with E-state index in [-0.39, 0.29) is 0 Å². The van der Waals surface area contributed by atoms with E-state index in [1.807, 2.05) is 0 Å². The van der Waals surface area contributed by atoms with E-state index in [2.05, 4.69) is 18.7 Å². The summed E-state index contributed by atoms with van der Waals surface area (Å²) in [4.78, 5) is 2.91. The van der Waals surface area contributed by atoms with Crippen molar-refractivity contribution >= 4 is 0 Å². The molecule has 2 fully saturated rings. The minimum Gasteiger partial charge on any atom is -0.330 e. The summed E-state index contributed by atoms with van der Waals surface area (Å²) in [6, 6.07) is 1.75. The molecule has 2 aliphatic rings. The van der Waals surface area contributed by atoms with Crippen LogP contribution >= 0.6 is 0 Å². The summed E-state index contributed by atoms with van der Waals surface area (Å²) in [5, 5.41) is 0. The van der Waals surface area contributed by atoms with Crippen molar-refractivity contribution < 1.29 is 0 Å². The number of rotatable bonds is 6. The van der Waals surface area contributed by atoms with E-state index >= 15 is 0 Å². The third-order valence-corrected chi connectivity index (χ3v) is 5.69. The van der Waals surface area contributed by atoms with Crippen molar-refractivity contribution in [2.45, 2.75) is 96.6 Å². The van der Waals surface area contributed by atoms with Crippen molar-refractivity contribution in [3.8, 4) is 0 Å². The van der Waals surface area contributed by atoms with Crippen molar-refractivity contribution in [1.29, 1.82) is 0 Å². The first kappa shape index (κ1) is 16.3. The summed E-state index contributed by atoms with van der Waals surface area (Å²) in [6.07, 6.45) is 15.8. The topological polar surface area (TPSA) is 29.3 Å². The molecule has 0 aromatic carbocycles. The zero-order chi connectivity index (χ0) is 14.4. The molecule has 2 N–H and O–H groups in total. The Morgan fingerprint density at radius 1 is 0.850 bits per heavy atom. The molecule has 20 heavy (non-hydrogen) atoms. The Morgan fingerprint density at radius 2 is 1.30 bits per heavy atom. The number of nitrogens with zero attached hydrogens (tertiary/aromatic N) is 1. The molecule has 0 aromatic rings. The van der Waals surface area contributed by atoms with Crippen molar-refractivity contribution in [3.05, 3.63) is 0 Å². The Bertz CT molecular complexity index is 245. The van der Waals surface area contributed by atoms with Gasteiger partial charge in [-0.05, 0) is 50.6 Å². The first-order valence-electron chi connectivity index (χ1n) is 9.08. The molecule has 2 rings (SSSR count). The van der Waals surface area contributed by atoms with E-state index in [0.717, 1.165) is 18.6 Å². The fourth-order valence-corrected chi connectivity index (χ4v) is 4.02. The second kappa shape index (κ2) is 7.79. The predicted molar refractivity (Wildman–Crippen MR) is 87.9 cm³/mol. The van der Waals surface area contributed by atoms with Gasteiger partial charge in [0.05, 0.1) is 0 Å². The SMILES string of the molecule is CC(C)(CN)CCN(C1CCCCC1)C1CCCCC1. The normalized spacial score (nSPS) is 23.4. The molecule has 0 unspecified atom stereocenters. The second-order valence-corrected chi connectivity index (χ2v) is 7.94. The van der Waals surface area contributed by atoms with Gasteiger partial charge in [-0.15, -0.1) is 0 Å². The number of hydrogen-bond acceptors (Lipinski definition) is 2. The quantitative estimate of drug-likeness (QED) is 0.784. The van der Waals surface area contributed by atoms with Gasteiger partial charge in [0.1, 0.15) is 0 Å². The van der Waals surface area contributed by atoms with Crippen molar-refractivity contribution in [2.24, 2.45) is 11.1 Å². The summed E-state index contributed by atoms with van der Waals surface area (Å²) in [5.74, 6) is 0. The first-order valence-corrected chi connectivity index (χ1v) is 9.08. The van der Waals surface area contributed by atoms with Gasteiger partial charge in [0.25, 0.3) is 0 Å². The van der Waals surface area contributed by atoms with E-state index in [1.54, 1.807) is 0 Å². The lowest BCUT2D eigenvalue weighted by atomic mass is 9.85. The van der Waals surface area contributed by atoms with E-state index < -0.39 is 0 Å². The Labute approximate surface area is 126 Å². The van der Waals surface area contributed by atoms with Gasteiger partial charge in [-0.25, -0.2) is 0 Å². The van der Waals surface area contributed by atoms with Crippen LogP contribution in [-0.2, 0) is 0 Å². The van der Waals surface area contributed by atoms with Crippen LogP contribution in [0.2, 0.25) is 0 Å². The predicted octanol–water partition coefficient (Wildman–Crippen LogP) is 4.33. The molecular formula is C18H36N2. The fourth-order valence-electron chi connectivity index (χ4n) is 4.02. The van der Waals surface area contributed by atoms with Gasteiger partial charge in [-0.2, -0.15) is 0 Å². The van der Waals surface area contributed by atoms with E-state index in [0.29, 0.717) is 5.41 Å². The monoisotopic (exact) mass is 280 g/mol. The van der Waals surface area contributed by atoms with Gasteiger partial charge < -0.3 is 5.73 Å². The zero-order valence-electron chi connectivity index (χ0n) is 13.9. The molecule has 2 saturated carbocycles. The standard InChI is InChI=1S/C18H36N2/c1-18(2,15-19)13-14-20(16-9-5-3-6-10-16)17-11-7-4-8-12-17/h16-17H,3-15,19H2,1-2H3. The lowest BCUT2D eigenvalue weighted by Gasteiger charge is -2.43. The summed E-state index contributed by atoms with van der Waals surface area (Å²) in [6.45, 7) is 6.75. The third kappa shape index (κ3) is 4.73. The summed E-state index contributed by atoms with van der Waals surface area (Å²) in [7, 11) is 0. The molecular weight excluding hydrogens is 244 g/mol. The van der Waals surface area contributed by atoms with E-state index in [9.17, 15) is 0 Å². The summed E-state index contributed by atoms with van der Waals surface area (Å²) < 4.78 is 0. The van der Waals surface area contributed by atoms with Crippen LogP contribution in [0.15, 0.2) is 0 Å². The summed E-state index contributed by atoms with van der Waals surface area (Å²) >= 11 is 0. The average Bonchev–Trinajstić information content (AvgIpc) is 2.49. The highest BCUT2D eigenvalue weighted by Gasteiger charge is 2.29. The van der Waals surface area contributed by atoms with Crippen molar-refractivity contribution in [3.63, 3.8) is 0 Å². The smallest absolute Gasteiger partial charge is 0.00981 e. The highest BCUT2D eigenvalue weighted by molar-refractivity contribution is 4.85. The number of hydrogen-bond donors (Lipinski definition) is 1. The second-order valence-electron chi connectivity index (χ2n) is 7.94. The minimum atomic E-state index is 0.307. The van der Waals surface area contributed by atoms with Crippen molar-refractivity contribution in [1.82, 2.24) is 4.90 Å². The molecule has 0 atom stereocenters. The Balaban J connectivity index is 1.94. The zero-order valence-corrected chi connectivity index (χ0v) is 13.9. The Morgan fingerprint density at radius 3 is 1.70 bits per heavy atom. The van der Waals surface area contributed by atoms with Gasteiger partial charge >= 0.3 is 0 Å². The van der Waals surface area contributed by atoms with E-state index in [4.69, 9.17) is 5.73 Å². The highest BCUT2D eigenvalue weighted by Crippen LogP contribution is 2.31. The fraction of sp³-hybridized carbons (Fsp3) is 1.00. The van der Waals surface area contributed by atoms with Gasteiger partial charge in [0.15, 0.2) is 0 Å². The van der Waals surface area contributed by atoms with Crippen LogP contribution in [0.5, 0.6) is 0 Å². The molecule has 2 aliphatic carbocycles. The maximum atomic E-state index is 5.93. The molecule has 0 heterocycles. The maximum absolute atomic E-state index is 5.93. The maximum Gasteiger partial charge on any atom is 0.00981 e. The highest BCUT2D eigenvalue weighted by atomic mass is 15.2. The van der Waals surface area contributed by atoms with Crippen LogP contribution in [0, 0.1) is 5.41 Å². The molecule has 2 nitrogen and oxygen atoms in total. The minimum absolute atomic E-state index is 0.307. The molecule has 0 radical (unpaired) electrons. The Hall–Kier alpha value is -0.0800. The first-order chi connectivity index (χ1) is 9.62. The van der Waals surface area contributed by atoms with Gasteiger partial charge in [-0.3, -0.25) is 4.90 Å². The van der Waals surface area contributed by atoms with Crippen LogP contribution in [0.3, 0.4) is 0 Å². The third-order valence-electron chi connectivity index (χ3n) is 5.69. The van der Waals surface area contributed by atoms with E-state index in [1.165, 1.54) is 77.2 Å². The van der Waals surface area contributed by atoms with Crippen LogP contribution in [0.4, 0.5) is 0 Å². The van der Waals surface area contributed by atoms with Gasteiger partial charge in [0.2, 0.25) is 0 Å². The van der Waals surface area contributed by atoms with Crippen LogP contribution < -0.4 is 5.73 Å². The molecule has 0 saturated heterocycles. The van der Waals surface area contributed by atoms with Crippen LogP contribution in [0.25, 0.3) is 0 Å². The van der Waals surface area contributed by atoms with Crippen LogP contribution in [-0.4, -0.2) is 30.1 Å². The molecule has 0 amide bonds. The van der Waals surface area contributed by atoms with Crippen molar-refractivity contribution in [2.75, 3.05) is 13.1 Å². The largest absolute Gasteiger partial charge is 0.330 e. The summed E-state index contributed by atoms with van der Waals surface area (Å²) in [5.41, 5.74) is 6.24. The molecule has 0 spiro atoms. The number of nitrogens with two attached hydrogens (primary N) is 1. The lowest BCUT2D eigenvalue weighted by molar-refractivity contribution is 0.0683. The molecule has 118 valence electrons. The average molecular weight is 280 g/mol. The molecule has 0 aromatic heterocycles. The Kier molecular flexibility index (Phi) is 6.35. The van der Waals surface area contributed by atoms with Crippen LogP contribution in [0.1, 0.15) is 84.5 Å². The van der Waals surface area contributed by atoms with Gasteiger partial charge in [-0.1, -0.05) is 52.4 Å². The molecule has 0 bridgehead atoms. The molecule has 2 heteroatoms. The van der Waals surface area contributed by atoms with Gasteiger partial charge in [0, 0.05) is 12.1 Å². The molecule has 0 aliphatic heterocycles.